The van der Waals surface area contributed by atoms with Crippen molar-refractivity contribution in [2.45, 2.75) is 243 Å². The van der Waals surface area contributed by atoms with Gasteiger partial charge in [-0.2, -0.15) is 8.42 Å². The number of carbonyl (C=O) groups excluding carboxylic acids is 2. The molecule has 6 atom stereocenters. The molecule has 12 nitrogen and oxygen atoms in total. The molecule has 2 unspecified atom stereocenters. The van der Waals surface area contributed by atoms with Gasteiger partial charge in [-0.3, -0.25) is 14.1 Å². The molecule has 0 spiro atoms. The van der Waals surface area contributed by atoms with Crippen LogP contribution >= 0.6 is 0 Å². The summed E-state index contributed by atoms with van der Waals surface area (Å²) in [5, 5.41) is 30.9. The van der Waals surface area contributed by atoms with Gasteiger partial charge in [-0.05, 0) is 38.5 Å². The van der Waals surface area contributed by atoms with Crippen LogP contribution < -0.4 is 0 Å². The molecule has 1 rings (SSSR count). The van der Waals surface area contributed by atoms with Crippen molar-refractivity contribution in [1.29, 1.82) is 0 Å². The average molecular weight is 849 g/mol. The molecule has 0 bridgehead atoms. The first-order valence-corrected chi connectivity index (χ1v) is 24.9. The minimum Gasteiger partial charge on any atom is -0.462 e. The van der Waals surface area contributed by atoms with Crippen LogP contribution in [0.3, 0.4) is 0 Å². The number of rotatable bonds is 39. The van der Waals surface area contributed by atoms with Gasteiger partial charge in [0.05, 0.1) is 6.61 Å². The molecule has 1 aliphatic rings. The van der Waals surface area contributed by atoms with Crippen molar-refractivity contribution in [3.63, 3.8) is 0 Å². The summed E-state index contributed by atoms with van der Waals surface area (Å²) >= 11 is 0. The van der Waals surface area contributed by atoms with E-state index in [-0.39, 0.29) is 19.4 Å². The van der Waals surface area contributed by atoms with Crippen LogP contribution in [0.15, 0.2) is 12.2 Å². The van der Waals surface area contributed by atoms with Gasteiger partial charge in [-0.15, -0.1) is 0 Å². The summed E-state index contributed by atoms with van der Waals surface area (Å²) in [6.07, 6.45) is 28.3. The van der Waals surface area contributed by atoms with Gasteiger partial charge in [0.25, 0.3) is 10.1 Å². The van der Waals surface area contributed by atoms with Crippen molar-refractivity contribution in [2.24, 2.45) is 0 Å². The van der Waals surface area contributed by atoms with Gasteiger partial charge in [-0.25, -0.2) is 0 Å². The van der Waals surface area contributed by atoms with E-state index < -0.39 is 71.2 Å². The van der Waals surface area contributed by atoms with Crippen LogP contribution in [0.5, 0.6) is 0 Å². The van der Waals surface area contributed by atoms with Crippen LogP contribution in [-0.4, -0.2) is 96.0 Å². The molecule has 0 amide bonds. The second-order valence-corrected chi connectivity index (χ2v) is 17.9. The Morgan fingerprint density at radius 1 is 0.569 bits per heavy atom. The lowest BCUT2D eigenvalue weighted by molar-refractivity contribution is -0.297. The molecule has 4 N–H and O–H groups in total. The molecule has 0 aromatic carbocycles. The van der Waals surface area contributed by atoms with Crippen molar-refractivity contribution >= 4 is 22.1 Å². The normalized spacial score (nSPS) is 20.4. The maximum Gasteiger partial charge on any atom is 0.306 e. The van der Waals surface area contributed by atoms with Gasteiger partial charge in [0.1, 0.15) is 36.8 Å². The summed E-state index contributed by atoms with van der Waals surface area (Å²) < 4.78 is 54.0. The standard InChI is InChI=1S/C45H84O12S/c1-3-5-7-9-11-13-15-16-17-18-19-20-21-22-24-26-28-30-32-34-41(47)56-38(35-54-40(46)33-31-29-27-25-23-14-12-10-8-6-4-2)36-55-45-44(50)43(49)42(48)39(57-45)37-58(51,52)53/h16-17,38-39,42-45,48-50H,3-15,18-37H2,1-2H3,(H,51,52,53)/b17-16+/t38-,39-,42-,43?,44?,45+/m1/s1. The Morgan fingerprint density at radius 3 is 1.43 bits per heavy atom. The molecule has 1 fully saturated rings. The number of aliphatic hydroxyl groups excluding tert-OH is 3. The molecule has 1 aliphatic heterocycles. The molecule has 0 radical (unpaired) electrons. The van der Waals surface area contributed by atoms with E-state index in [9.17, 15) is 37.9 Å². The van der Waals surface area contributed by atoms with Gasteiger partial charge in [0, 0.05) is 12.8 Å². The Labute approximate surface area is 352 Å². The number of ether oxygens (including phenoxy) is 4. The third-order valence-corrected chi connectivity index (χ3v) is 11.6. The number of carbonyl (C=O) groups is 2. The lowest BCUT2D eigenvalue weighted by Gasteiger charge is -2.40. The van der Waals surface area contributed by atoms with Crippen molar-refractivity contribution in [1.82, 2.24) is 0 Å². The zero-order valence-electron chi connectivity index (χ0n) is 36.4. The SMILES string of the molecule is CCCCCCCC/C=C/CCCCCCCCCCCC(=O)O[C@H](COC(=O)CCCCCCCCCCCCC)CO[C@H]1O[C@H](CS(=O)(=O)O)[C@@H](O)C(O)C1O. The van der Waals surface area contributed by atoms with E-state index in [2.05, 4.69) is 26.0 Å². The Balaban J connectivity index is 2.40. The maximum atomic E-state index is 12.8. The number of esters is 2. The first kappa shape index (κ1) is 54.4. The Kier molecular flexibility index (Phi) is 33.8. The van der Waals surface area contributed by atoms with Crippen LogP contribution in [0.4, 0.5) is 0 Å². The van der Waals surface area contributed by atoms with E-state index in [1.165, 1.54) is 128 Å². The third kappa shape index (κ3) is 30.4. The molecule has 13 heteroatoms. The molecule has 58 heavy (non-hydrogen) atoms. The lowest BCUT2D eigenvalue weighted by atomic mass is 10.00. The highest BCUT2D eigenvalue weighted by atomic mass is 32.2. The van der Waals surface area contributed by atoms with Gasteiger partial charge < -0.3 is 34.3 Å². The Bertz CT molecular complexity index is 1130. The van der Waals surface area contributed by atoms with Gasteiger partial charge >= 0.3 is 11.9 Å². The molecule has 1 heterocycles. The average Bonchev–Trinajstić information content (AvgIpc) is 3.18. The molecule has 1 saturated heterocycles. The Morgan fingerprint density at radius 2 is 0.983 bits per heavy atom. The van der Waals surface area contributed by atoms with Gasteiger partial charge in [0.2, 0.25) is 0 Å². The second kappa shape index (κ2) is 36.1. The molecular formula is C45H84O12S. The van der Waals surface area contributed by atoms with Crippen LogP contribution in [0.2, 0.25) is 0 Å². The van der Waals surface area contributed by atoms with E-state index in [1.54, 1.807) is 0 Å². The molecule has 0 aliphatic carbocycles. The summed E-state index contributed by atoms with van der Waals surface area (Å²) in [6.45, 7) is 3.76. The third-order valence-electron chi connectivity index (χ3n) is 10.8. The topological polar surface area (TPSA) is 186 Å². The minimum absolute atomic E-state index is 0.166. The van der Waals surface area contributed by atoms with E-state index >= 15 is 0 Å². The monoisotopic (exact) mass is 849 g/mol. The summed E-state index contributed by atoms with van der Waals surface area (Å²) in [7, 11) is -4.60. The van der Waals surface area contributed by atoms with Crippen molar-refractivity contribution in [2.75, 3.05) is 19.0 Å². The fourth-order valence-corrected chi connectivity index (χ4v) is 7.89. The van der Waals surface area contributed by atoms with Crippen molar-refractivity contribution < 1.29 is 56.8 Å². The molecular weight excluding hydrogens is 765 g/mol. The van der Waals surface area contributed by atoms with Crippen molar-refractivity contribution in [3.8, 4) is 0 Å². The van der Waals surface area contributed by atoms with Crippen molar-refractivity contribution in [3.05, 3.63) is 12.2 Å². The highest BCUT2D eigenvalue weighted by molar-refractivity contribution is 7.85. The predicted molar refractivity (Wildman–Crippen MR) is 229 cm³/mol. The number of hydrogen-bond acceptors (Lipinski definition) is 11. The van der Waals surface area contributed by atoms with E-state index in [0.717, 1.165) is 38.5 Å². The highest BCUT2D eigenvalue weighted by Crippen LogP contribution is 2.24. The van der Waals surface area contributed by atoms with E-state index in [1.807, 2.05) is 0 Å². The van der Waals surface area contributed by atoms with E-state index in [4.69, 9.17) is 18.9 Å². The first-order valence-electron chi connectivity index (χ1n) is 23.2. The minimum atomic E-state index is -4.60. The number of hydrogen-bond donors (Lipinski definition) is 4. The fourth-order valence-electron chi connectivity index (χ4n) is 7.20. The van der Waals surface area contributed by atoms with Crippen LogP contribution in [0.25, 0.3) is 0 Å². The summed E-state index contributed by atoms with van der Waals surface area (Å²) in [5.41, 5.74) is 0. The zero-order valence-corrected chi connectivity index (χ0v) is 37.2. The van der Waals surface area contributed by atoms with Crippen LogP contribution in [0.1, 0.15) is 206 Å². The quantitative estimate of drug-likeness (QED) is 0.0199. The number of unbranched alkanes of at least 4 members (excludes halogenated alkanes) is 25. The summed E-state index contributed by atoms with van der Waals surface area (Å²) in [4.78, 5) is 25.4. The van der Waals surface area contributed by atoms with E-state index in [0.29, 0.717) is 12.8 Å². The largest absolute Gasteiger partial charge is 0.462 e. The van der Waals surface area contributed by atoms with Gasteiger partial charge in [0.15, 0.2) is 12.4 Å². The fraction of sp³-hybridized carbons (Fsp3) is 0.911. The van der Waals surface area contributed by atoms with Crippen LogP contribution in [0, 0.1) is 0 Å². The number of allylic oxidation sites excluding steroid dienone is 2. The summed E-state index contributed by atoms with van der Waals surface area (Å²) in [5.74, 6) is -1.97. The van der Waals surface area contributed by atoms with Crippen LogP contribution in [-0.2, 0) is 38.7 Å². The molecule has 0 aromatic heterocycles. The predicted octanol–water partition coefficient (Wildman–Crippen LogP) is 9.45. The first-order chi connectivity index (χ1) is 28.0. The summed E-state index contributed by atoms with van der Waals surface area (Å²) in [6, 6.07) is 0. The Hall–Kier alpha value is -1.61. The molecule has 342 valence electrons. The maximum absolute atomic E-state index is 12.8. The molecule has 0 saturated carbocycles. The smallest absolute Gasteiger partial charge is 0.306 e. The number of aliphatic hydroxyl groups is 3. The lowest BCUT2D eigenvalue weighted by Crippen LogP contribution is -2.60. The zero-order chi connectivity index (χ0) is 42.7. The molecule has 0 aromatic rings. The van der Waals surface area contributed by atoms with Gasteiger partial charge in [-0.1, -0.05) is 167 Å². The second-order valence-electron chi connectivity index (χ2n) is 16.4. The highest BCUT2D eigenvalue weighted by Gasteiger charge is 2.46.